The molecule has 2 aromatic carbocycles. The molecule has 0 saturated carbocycles. The Hall–Kier alpha value is -3.33. The van der Waals surface area contributed by atoms with E-state index < -0.39 is 5.60 Å². The minimum Gasteiger partial charge on any atom is -0.389 e. The predicted octanol–water partition coefficient (Wildman–Crippen LogP) is 6.31. The van der Waals surface area contributed by atoms with Gasteiger partial charge in [0, 0.05) is 43.3 Å². The van der Waals surface area contributed by atoms with Crippen LogP contribution in [0.3, 0.4) is 0 Å². The lowest BCUT2D eigenvalue weighted by Crippen LogP contribution is -2.39. The molecule has 0 unspecified atom stereocenters. The Morgan fingerprint density at radius 1 is 1.10 bits per heavy atom. The highest BCUT2D eigenvalue weighted by atomic mass is 35.5. The summed E-state index contributed by atoms with van der Waals surface area (Å²) in [6, 6.07) is 17.6. The highest BCUT2D eigenvalue weighted by molar-refractivity contribution is 6.33. The Kier molecular flexibility index (Phi) is 9.16. The van der Waals surface area contributed by atoms with Crippen molar-refractivity contribution in [2.75, 3.05) is 36.5 Å². The van der Waals surface area contributed by atoms with Crippen LogP contribution in [0.15, 0.2) is 54.6 Å². The van der Waals surface area contributed by atoms with E-state index in [9.17, 15) is 5.11 Å². The highest BCUT2D eigenvalue weighted by Gasteiger charge is 2.30. The van der Waals surface area contributed by atoms with Crippen LogP contribution in [-0.4, -0.2) is 58.4 Å². The molecule has 10 heteroatoms. The lowest BCUT2D eigenvalue weighted by atomic mass is 9.83. The van der Waals surface area contributed by atoms with Gasteiger partial charge in [-0.2, -0.15) is 9.61 Å². The third-order valence-corrected chi connectivity index (χ3v) is 7.86. The molecule has 1 aliphatic heterocycles. The Morgan fingerprint density at radius 3 is 2.29 bits per heavy atom. The fourth-order valence-corrected chi connectivity index (χ4v) is 5.49. The zero-order valence-corrected chi connectivity index (χ0v) is 25.7. The molecule has 1 aliphatic rings. The molecule has 3 N–H and O–H groups in total. The zero-order valence-electron chi connectivity index (χ0n) is 24.2. The van der Waals surface area contributed by atoms with Crippen LogP contribution in [0.5, 0.6) is 0 Å². The van der Waals surface area contributed by atoms with Gasteiger partial charge >= 0.3 is 0 Å². The molecule has 3 heterocycles. The van der Waals surface area contributed by atoms with E-state index in [1.165, 1.54) is 0 Å². The number of halogens is 2. The molecule has 5 rings (SSSR count). The maximum atomic E-state index is 10.6. The van der Waals surface area contributed by atoms with Gasteiger partial charge in [0.15, 0.2) is 5.65 Å². The average Bonchev–Trinajstić information content (AvgIpc) is 3.28. The van der Waals surface area contributed by atoms with Crippen LogP contribution in [0.2, 0.25) is 10.0 Å². The molecule has 41 heavy (non-hydrogen) atoms. The van der Waals surface area contributed by atoms with E-state index in [4.69, 9.17) is 38.1 Å². The predicted molar refractivity (Wildman–Crippen MR) is 169 cm³/mol. The molecule has 0 radical (unpaired) electrons. The van der Waals surface area contributed by atoms with Crippen LogP contribution in [0, 0.1) is 5.41 Å². The van der Waals surface area contributed by atoms with Gasteiger partial charge in [0.2, 0.25) is 6.41 Å². The first-order valence-electron chi connectivity index (χ1n) is 13.6. The maximum Gasteiger partial charge on any atom is 0.204 e. The summed E-state index contributed by atoms with van der Waals surface area (Å²) < 4.78 is 1.96. The first kappa shape index (κ1) is 30.6. The number of likely N-dealkylation sites (N-methyl/N-ethyl adjacent to an activating group) is 1. The number of carbonyl (C=O) groups excluding carboxylic acids is 1. The van der Waals surface area contributed by atoms with Crippen molar-refractivity contribution in [1.29, 1.82) is 0 Å². The molecule has 8 nitrogen and oxygen atoms in total. The third-order valence-electron chi connectivity index (χ3n) is 7.27. The fraction of sp³-hybridized carbons (Fsp3) is 0.387. The molecule has 0 bridgehead atoms. The second-order valence-corrected chi connectivity index (χ2v) is 12.7. The number of hydrogen-bond acceptors (Lipinski definition) is 6. The Bertz CT molecular complexity index is 1500. The normalized spacial score (nSPS) is 14.9. The summed E-state index contributed by atoms with van der Waals surface area (Å²) in [4.78, 5) is 18.1. The van der Waals surface area contributed by atoms with Crippen molar-refractivity contribution >= 4 is 46.9 Å². The Labute approximate surface area is 251 Å². The van der Waals surface area contributed by atoms with E-state index in [-0.39, 0.29) is 6.41 Å². The molecule has 0 spiro atoms. The molecular formula is C31H38Cl2N6O2. The number of fused-ring (bicyclic) bond motifs is 1. The third kappa shape index (κ3) is 7.12. The molecule has 0 aliphatic carbocycles. The minimum atomic E-state index is -0.875. The first-order chi connectivity index (χ1) is 19.3. The number of anilines is 2. The Balaban J connectivity index is 0.00000124. The number of rotatable bonds is 6. The molecule has 0 atom stereocenters. The SMILES string of the molecule is CN(CC(C)(C)O)c1cc(N2CCC(C)(C)CC2)n2nc(-c3ccccc3Cl)c(-c3ccc(Cl)cc3)c2n1.NC=O. The highest BCUT2D eigenvalue weighted by Crippen LogP contribution is 2.41. The number of primary amides is 1. The number of nitrogens with zero attached hydrogens (tertiary/aromatic N) is 5. The van der Waals surface area contributed by atoms with Gasteiger partial charge in [0.25, 0.3) is 0 Å². The van der Waals surface area contributed by atoms with Crippen LogP contribution in [0.1, 0.15) is 40.5 Å². The number of aromatic nitrogens is 3. The summed E-state index contributed by atoms with van der Waals surface area (Å²) in [5, 5.41) is 17.0. The van der Waals surface area contributed by atoms with Crippen molar-refractivity contribution in [1.82, 2.24) is 14.6 Å². The van der Waals surface area contributed by atoms with E-state index >= 15 is 0 Å². The number of piperidine rings is 1. The largest absolute Gasteiger partial charge is 0.389 e. The summed E-state index contributed by atoms with van der Waals surface area (Å²) in [5.41, 5.74) is 7.81. The second-order valence-electron chi connectivity index (χ2n) is 11.9. The molecular weight excluding hydrogens is 559 g/mol. The number of benzene rings is 2. The van der Waals surface area contributed by atoms with Gasteiger partial charge in [-0.15, -0.1) is 0 Å². The average molecular weight is 598 g/mol. The van der Waals surface area contributed by atoms with E-state index in [1.807, 2.05) is 78.8 Å². The summed E-state index contributed by atoms with van der Waals surface area (Å²) in [7, 11) is 1.97. The van der Waals surface area contributed by atoms with Gasteiger partial charge in [-0.1, -0.05) is 67.4 Å². The number of carbonyl (C=O) groups is 1. The van der Waals surface area contributed by atoms with Crippen LogP contribution in [0.25, 0.3) is 28.0 Å². The molecule has 2 aromatic heterocycles. The van der Waals surface area contributed by atoms with Crippen molar-refractivity contribution in [3.05, 3.63) is 64.6 Å². The van der Waals surface area contributed by atoms with Crippen molar-refractivity contribution in [2.24, 2.45) is 11.1 Å². The second kappa shape index (κ2) is 12.3. The molecule has 218 valence electrons. The topological polar surface area (TPSA) is 100.0 Å². The lowest BCUT2D eigenvalue weighted by Gasteiger charge is -2.38. The molecule has 1 fully saturated rings. The smallest absolute Gasteiger partial charge is 0.204 e. The van der Waals surface area contributed by atoms with Crippen LogP contribution >= 0.6 is 23.2 Å². The van der Waals surface area contributed by atoms with Gasteiger partial charge in [-0.3, -0.25) is 4.79 Å². The van der Waals surface area contributed by atoms with E-state index in [1.54, 1.807) is 0 Å². The molecule has 1 amide bonds. The number of amides is 1. The number of aliphatic hydroxyl groups is 1. The van der Waals surface area contributed by atoms with E-state index in [0.29, 0.717) is 22.0 Å². The summed E-state index contributed by atoms with van der Waals surface area (Å²) >= 11 is 13.0. The molecule has 4 aromatic rings. The fourth-order valence-electron chi connectivity index (χ4n) is 5.14. The summed E-state index contributed by atoms with van der Waals surface area (Å²) in [6.45, 7) is 10.6. The summed E-state index contributed by atoms with van der Waals surface area (Å²) in [5.74, 6) is 1.76. The maximum absolute atomic E-state index is 10.6. The van der Waals surface area contributed by atoms with E-state index in [2.05, 4.69) is 30.5 Å². The van der Waals surface area contributed by atoms with Gasteiger partial charge in [0.1, 0.15) is 17.3 Å². The number of nitrogens with two attached hydrogens (primary N) is 1. The standard InChI is InChI=1S/C30H35Cl2N5O.CH3NO/c1-29(2)14-16-36(17-15-29)25-18-24(35(5)19-30(3,4)38)33-28-26(20-10-12-21(31)13-11-20)27(34-37(25)28)22-8-6-7-9-23(22)32;2-1-3/h6-13,18,38H,14-17,19H2,1-5H3;1H,(H2,2,3). The quantitative estimate of drug-likeness (QED) is 0.253. The van der Waals surface area contributed by atoms with E-state index in [0.717, 1.165) is 65.6 Å². The monoisotopic (exact) mass is 596 g/mol. The van der Waals surface area contributed by atoms with Gasteiger partial charge < -0.3 is 20.6 Å². The Morgan fingerprint density at radius 2 is 1.71 bits per heavy atom. The van der Waals surface area contributed by atoms with Gasteiger partial charge in [0.05, 0.1) is 16.2 Å². The zero-order chi connectivity index (χ0) is 29.9. The van der Waals surface area contributed by atoms with Crippen molar-refractivity contribution < 1.29 is 9.90 Å². The van der Waals surface area contributed by atoms with Gasteiger partial charge in [-0.25, -0.2) is 4.98 Å². The van der Waals surface area contributed by atoms with Crippen molar-refractivity contribution in [3.63, 3.8) is 0 Å². The molecule has 1 saturated heterocycles. The van der Waals surface area contributed by atoms with Crippen LogP contribution in [-0.2, 0) is 4.79 Å². The van der Waals surface area contributed by atoms with Crippen LogP contribution in [0.4, 0.5) is 11.6 Å². The van der Waals surface area contributed by atoms with Crippen LogP contribution < -0.4 is 15.5 Å². The van der Waals surface area contributed by atoms with Gasteiger partial charge in [-0.05, 0) is 55.9 Å². The first-order valence-corrected chi connectivity index (χ1v) is 14.4. The van der Waals surface area contributed by atoms with Crippen molar-refractivity contribution in [2.45, 2.75) is 46.1 Å². The minimum absolute atomic E-state index is 0.250. The lowest BCUT2D eigenvalue weighted by molar-refractivity contribution is -0.106. The van der Waals surface area contributed by atoms with Crippen molar-refractivity contribution in [3.8, 4) is 22.4 Å². The summed E-state index contributed by atoms with van der Waals surface area (Å²) in [6.07, 6.45) is 2.43. The number of hydrogen-bond donors (Lipinski definition) is 2.